The van der Waals surface area contributed by atoms with Crippen molar-refractivity contribution in [1.29, 1.82) is 0 Å². The van der Waals surface area contributed by atoms with E-state index in [4.69, 9.17) is 5.73 Å². The van der Waals surface area contributed by atoms with Crippen molar-refractivity contribution >= 4 is 0 Å². The summed E-state index contributed by atoms with van der Waals surface area (Å²) in [5, 5.41) is 19.1. The summed E-state index contributed by atoms with van der Waals surface area (Å²) in [6, 6.07) is 2.18. The van der Waals surface area contributed by atoms with Crippen LogP contribution in [-0.2, 0) is 0 Å². The zero-order valence-corrected chi connectivity index (χ0v) is 9.69. The summed E-state index contributed by atoms with van der Waals surface area (Å²) in [5.41, 5.74) is 4.67. The molecule has 0 fully saturated rings. The second-order valence-corrected chi connectivity index (χ2v) is 3.82. The summed E-state index contributed by atoms with van der Waals surface area (Å²) in [7, 11) is 0. The van der Waals surface area contributed by atoms with E-state index in [1.165, 1.54) is 0 Å². The van der Waals surface area contributed by atoms with Gasteiger partial charge in [-0.3, -0.25) is 0 Å². The van der Waals surface area contributed by atoms with Gasteiger partial charge in [-0.15, -0.1) is 13.2 Å². The molecule has 19 heavy (non-hydrogen) atoms. The first-order valence-corrected chi connectivity index (χ1v) is 5.36. The SMILES string of the molecule is NCCC(O)C(O)c1cc(OC(F)(F)F)ccc1F. The summed E-state index contributed by atoms with van der Waals surface area (Å²) < 4.78 is 53.0. The van der Waals surface area contributed by atoms with E-state index in [-0.39, 0.29) is 13.0 Å². The van der Waals surface area contributed by atoms with E-state index in [0.29, 0.717) is 6.07 Å². The molecule has 1 aromatic carbocycles. The third-order valence-corrected chi connectivity index (χ3v) is 2.35. The normalized spacial score (nSPS) is 15.1. The van der Waals surface area contributed by atoms with Crippen molar-refractivity contribution < 1.29 is 32.5 Å². The molecular weight excluding hydrogens is 270 g/mol. The number of alkyl halides is 3. The molecule has 1 rings (SSSR count). The molecule has 1 aromatic rings. The van der Waals surface area contributed by atoms with Gasteiger partial charge < -0.3 is 20.7 Å². The predicted octanol–water partition coefficient (Wildman–Crippen LogP) is 1.47. The van der Waals surface area contributed by atoms with Crippen LogP contribution >= 0.6 is 0 Å². The molecule has 2 atom stereocenters. The molecule has 0 bridgehead atoms. The average Bonchev–Trinajstić information content (AvgIpc) is 2.29. The van der Waals surface area contributed by atoms with Gasteiger partial charge in [-0.05, 0) is 31.2 Å². The van der Waals surface area contributed by atoms with E-state index in [2.05, 4.69) is 4.74 Å². The zero-order valence-electron chi connectivity index (χ0n) is 9.69. The molecule has 0 spiro atoms. The van der Waals surface area contributed by atoms with Crippen molar-refractivity contribution in [1.82, 2.24) is 0 Å². The van der Waals surface area contributed by atoms with Gasteiger partial charge in [-0.25, -0.2) is 4.39 Å². The third-order valence-electron chi connectivity index (χ3n) is 2.35. The number of halogens is 4. The molecule has 0 radical (unpaired) electrons. The molecule has 8 heteroatoms. The van der Waals surface area contributed by atoms with Crippen LogP contribution in [0.2, 0.25) is 0 Å². The van der Waals surface area contributed by atoms with Gasteiger partial charge in [0.2, 0.25) is 0 Å². The summed E-state index contributed by atoms with van der Waals surface area (Å²) in [6.45, 7) is 0.0403. The highest BCUT2D eigenvalue weighted by molar-refractivity contribution is 5.32. The standard InChI is InChI=1S/C11H13F4NO3/c12-8-2-1-6(19-11(13,14)15)5-7(8)10(18)9(17)3-4-16/h1-2,5,9-10,17-18H,3-4,16H2. The molecule has 0 amide bonds. The van der Waals surface area contributed by atoms with Crippen molar-refractivity contribution in [2.75, 3.05) is 6.54 Å². The minimum Gasteiger partial charge on any atom is -0.406 e. The van der Waals surface area contributed by atoms with Crippen molar-refractivity contribution in [3.63, 3.8) is 0 Å². The van der Waals surface area contributed by atoms with Crippen molar-refractivity contribution in [2.24, 2.45) is 5.73 Å². The number of aliphatic hydroxyl groups is 2. The number of hydrogen-bond donors (Lipinski definition) is 3. The Hall–Kier alpha value is -1.38. The molecule has 0 saturated carbocycles. The fourth-order valence-electron chi connectivity index (χ4n) is 1.48. The van der Waals surface area contributed by atoms with Crippen LogP contribution < -0.4 is 10.5 Å². The van der Waals surface area contributed by atoms with Crippen LogP contribution in [-0.4, -0.2) is 29.2 Å². The monoisotopic (exact) mass is 283 g/mol. The third kappa shape index (κ3) is 4.66. The summed E-state index contributed by atoms with van der Waals surface area (Å²) in [6.07, 6.45) is -8.00. The second kappa shape index (κ2) is 6.18. The van der Waals surface area contributed by atoms with Crippen LogP contribution in [0.5, 0.6) is 5.75 Å². The lowest BCUT2D eigenvalue weighted by Gasteiger charge is -2.19. The van der Waals surface area contributed by atoms with Crippen LogP contribution in [0.3, 0.4) is 0 Å². The molecule has 0 aliphatic rings. The number of rotatable bonds is 5. The largest absolute Gasteiger partial charge is 0.573 e. The van der Waals surface area contributed by atoms with E-state index < -0.39 is 35.7 Å². The maximum atomic E-state index is 13.4. The first-order chi connectivity index (χ1) is 8.74. The first-order valence-electron chi connectivity index (χ1n) is 5.36. The Morgan fingerprint density at radius 1 is 1.26 bits per heavy atom. The van der Waals surface area contributed by atoms with Crippen LogP contribution in [0.15, 0.2) is 18.2 Å². The number of aliphatic hydroxyl groups excluding tert-OH is 2. The highest BCUT2D eigenvalue weighted by atomic mass is 19.4. The van der Waals surface area contributed by atoms with Crippen LogP contribution in [0, 0.1) is 5.82 Å². The Bertz CT molecular complexity index is 425. The highest BCUT2D eigenvalue weighted by Crippen LogP contribution is 2.29. The lowest BCUT2D eigenvalue weighted by atomic mass is 10.0. The van der Waals surface area contributed by atoms with E-state index in [1.807, 2.05) is 0 Å². The number of nitrogens with two attached hydrogens (primary N) is 1. The molecule has 108 valence electrons. The van der Waals surface area contributed by atoms with Crippen molar-refractivity contribution in [3.05, 3.63) is 29.6 Å². The fourth-order valence-corrected chi connectivity index (χ4v) is 1.48. The highest BCUT2D eigenvalue weighted by Gasteiger charge is 2.32. The number of ether oxygens (including phenoxy) is 1. The van der Waals surface area contributed by atoms with Gasteiger partial charge in [0.25, 0.3) is 0 Å². The Kier molecular flexibility index (Phi) is 5.10. The molecule has 0 aliphatic carbocycles. The van der Waals surface area contributed by atoms with Crippen LogP contribution in [0.25, 0.3) is 0 Å². The number of benzene rings is 1. The van der Waals surface area contributed by atoms with E-state index >= 15 is 0 Å². The van der Waals surface area contributed by atoms with Gasteiger partial charge in [0.15, 0.2) is 0 Å². The van der Waals surface area contributed by atoms with Crippen molar-refractivity contribution in [3.8, 4) is 5.75 Å². The van der Waals surface area contributed by atoms with Gasteiger partial charge >= 0.3 is 6.36 Å². The summed E-state index contributed by atoms with van der Waals surface area (Å²) in [5.74, 6) is -1.62. The molecular formula is C11H13F4NO3. The Morgan fingerprint density at radius 2 is 1.89 bits per heavy atom. The van der Waals surface area contributed by atoms with E-state index in [0.717, 1.165) is 12.1 Å². The zero-order chi connectivity index (χ0) is 14.6. The van der Waals surface area contributed by atoms with Crippen molar-refractivity contribution in [2.45, 2.75) is 25.0 Å². The average molecular weight is 283 g/mol. The lowest BCUT2D eigenvalue weighted by Crippen LogP contribution is -2.23. The Labute approximate surface area is 106 Å². The molecule has 0 aromatic heterocycles. The molecule has 4 nitrogen and oxygen atoms in total. The minimum absolute atomic E-state index is 0.0229. The van der Waals surface area contributed by atoms with Gasteiger partial charge in [0.1, 0.15) is 17.7 Å². The molecule has 0 aliphatic heterocycles. The predicted molar refractivity (Wildman–Crippen MR) is 57.7 cm³/mol. The van der Waals surface area contributed by atoms with E-state index in [9.17, 15) is 27.8 Å². The quantitative estimate of drug-likeness (QED) is 0.715. The maximum Gasteiger partial charge on any atom is 0.573 e. The second-order valence-electron chi connectivity index (χ2n) is 3.82. The van der Waals surface area contributed by atoms with Crippen LogP contribution in [0.4, 0.5) is 17.6 Å². The van der Waals surface area contributed by atoms with E-state index in [1.54, 1.807) is 0 Å². The Balaban J connectivity index is 2.96. The summed E-state index contributed by atoms with van der Waals surface area (Å²) >= 11 is 0. The fraction of sp³-hybridized carbons (Fsp3) is 0.455. The minimum atomic E-state index is -4.92. The topological polar surface area (TPSA) is 75.7 Å². The van der Waals surface area contributed by atoms with Gasteiger partial charge in [-0.2, -0.15) is 0 Å². The Morgan fingerprint density at radius 3 is 2.42 bits per heavy atom. The summed E-state index contributed by atoms with van der Waals surface area (Å²) in [4.78, 5) is 0. The molecule has 4 N–H and O–H groups in total. The van der Waals surface area contributed by atoms with Gasteiger partial charge in [0.05, 0.1) is 6.10 Å². The molecule has 0 heterocycles. The maximum absolute atomic E-state index is 13.4. The molecule has 0 saturated heterocycles. The van der Waals surface area contributed by atoms with Crippen LogP contribution in [0.1, 0.15) is 18.1 Å². The first kappa shape index (κ1) is 15.7. The lowest BCUT2D eigenvalue weighted by molar-refractivity contribution is -0.274. The van der Waals surface area contributed by atoms with Gasteiger partial charge in [-0.1, -0.05) is 0 Å². The number of hydrogen-bond acceptors (Lipinski definition) is 4. The smallest absolute Gasteiger partial charge is 0.406 e. The van der Waals surface area contributed by atoms with Gasteiger partial charge in [0, 0.05) is 5.56 Å². The molecule has 2 unspecified atom stereocenters.